The maximum absolute atomic E-state index is 12.3. The Morgan fingerprint density at radius 3 is 2.85 bits per heavy atom. The van der Waals surface area contributed by atoms with Crippen LogP contribution in [0.15, 0.2) is 48.5 Å². The fraction of sp³-hybridized carbons (Fsp3) is 0.263. The molecule has 2 aliphatic heterocycles. The van der Waals surface area contributed by atoms with Crippen LogP contribution in [0.2, 0.25) is 0 Å². The zero-order valence-electron chi connectivity index (χ0n) is 13.9. The minimum absolute atomic E-state index is 0.0267. The lowest BCUT2D eigenvalue weighted by Crippen LogP contribution is -2.30. The number of fused-ring (bicyclic) bond motifs is 1. The van der Waals surface area contributed by atoms with Crippen LogP contribution in [0.1, 0.15) is 21.3 Å². The Kier molecular flexibility index (Phi) is 5.08. The highest BCUT2D eigenvalue weighted by Gasteiger charge is 2.36. The summed E-state index contributed by atoms with van der Waals surface area (Å²) >= 11 is 2.82. The topological polar surface area (TPSA) is 55.8 Å². The number of amides is 1. The average molecular weight is 387 g/mol. The summed E-state index contributed by atoms with van der Waals surface area (Å²) in [6.45, 7) is 0.726. The summed E-state index contributed by atoms with van der Waals surface area (Å²) in [7, 11) is 0. The molecule has 1 fully saturated rings. The van der Waals surface area contributed by atoms with Crippen molar-refractivity contribution in [1.29, 1.82) is 0 Å². The van der Waals surface area contributed by atoms with E-state index in [1.165, 1.54) is 11.8 Å². The van der Waals surface area contributed by atoms with Crippen molar-refractivity contribution in [3.05, 3.63) is 59.7 Å². The molecule has 134 valence electrons. The molecule has 0 bridgehead atoms. The highest BCUT2D eigenvalue weighted by molar-refractivity contribution is 8.14. The predicted molar refractivity (Wildman–Crippen MR) is 103 cm³/mol. The van der Waals surface area contributed by atoms with E-state index < -0.39 is 0 Å². The van der Waals surface area contributed by atoms with E-state index in [0.29, 0.717) is 23.6 Å². The van der Waals surface area contributed by atoms with Gasteiger partial charge in [0.15, 0.2) is 11.5 Å². The smallest absolute Gasteiger partial charge is 0.233 e. The van der Waals surface area contributed by atoms with Crippen molar-refractivity contribution in [1.82, 2.24) is 4.90 Å². The molecule has 0 N–H and O–H groups in total. The van der Waals surface area contributed by atoms with Gasteiger partial charge in [0.05, 0.1) is 5.75 Å². The third-order valence-corrected chi connectivity index (χ3v) is 6.36. The summed E-state index contributed by atoms with van der Waals surface area (Å²) in [5, 5.41) is -0.0784. The van der Waals surface area contributed by atoms with Gasteiger partial charge in [-0.25, -0.2) is 0 Å². The summed E-state index contributed by atoms with van der Waals surface area (Å²) in [6, 6.07) is 14.9. The summed E-state index contributed by atoms with van der Waals surface area (Å²) in [4.78, 5) is 26.4. The molecule has 0 saturated carbocycles. The van der Waals surface area contributed by atoms with Crippen molar-refractivity contribution in [3.63, 3.8) is 0 Å². The molecule has 7 heteroatoms. The van der Waals surface area contributed by atoms with Gasteiger partial charge in [0.2, 0.25) is 17.8 Å². The first-order valence-corrected chi connectivity index (χ1v) is 10.3. The Hall–Kier alpha value is -2.12. The fourth-order valence-electron chi connectivity index (χ4n) is 3.00. The lowest BCUT2D eigenvalue weighted by Gasteiger charge is -2.24. The van der Waals surface area contributed by atoms with Crippen LogP contribution in [-0.2, 0) is 4.79 Å². The highest BCUT2D eigenvalue weighted by atomic mass is 32.2. The van der Waals surface area contributed by atoms with E-state index >= 15 is 0 Å². The molecular formula is C19H17NO4S2. The minimum Gasteiger partial charge on any atom is -0.454 e. The molecule has 0 aromatic heterocycles. The number of nitrogens with zero attached hydrogens (tertiary/aromatic N) is 1. The number of rotatable bonds is 5. The van der Waals surface area contributed by atoms with Crippen LogP contribution in [0.5, 0.6) is 11.5 Å². The maximum Gasteiger partial charge on any atom is 0.233 e. The molecule has 0 aliphatic carbocycles. The van der Waals surface area contributed by atoms with Gasteiger partial charge in [-0.3, -0.25) is 9.59 Å². The van der Waals surface area contributed by atoms with E-state index in [1.807, 2.05) is 41.3 Å². The first kappa shape index (κ1) is 17.3. The molecular weight excluding hydrogens is 370 g/mol. The molecule has 1 amide bonds. The third kappa shape index (κ3) is 3.41. The second-order valence-electron chi connectivity index (χ2n) is 5.83. The van der Waals surface area contributed by atoms with E-state index in [0.717, 1.165) is 17.1 Å². The highest BCUT2D eigenvalue weighted by Crippen LogP contribution is 2.47. The molecule has 0 spiro atoms. The van der Waals surface area contributed by atoms with Crippen LogP contribution >= 0.6 is 23.5 Å². The van der Waals surface area contributed by atoms with Crippen molar-refractivity contribution < 1.29 is 19.1 Å². The molecule has 26 heavy (non-hydrogen) atoms. The first-order valence-electron chi connectivity index (χ1n) is 8.26. The van der Waals surface area contributed by atoms with Crippen LogP contribution in [0.25, 0.3) is 0 Å². The number of hydrogen-bond acceptors (Lipinski definition) is 6. The fourth-order valence-corrected chi connectivity index (χ4v) is 5.01. The quantitative estimate of drug-likeness (QED) is 0.782. The Morgan fingerprint density at radius 1 is 1.15 bits per heavy atom. The maximum atomic E-state index is 12.3. The van der Waals surface area contributed by atoms with Crippen molar-refractivity contribution in [2.24, 2.45) is 0 Å². The number of thioether (sulfide) groups is 2. The number of ether oxygens (including phenoxy) is 2. The van der Waals surface area contributed by atoms with Gasteiger partial charge < -0.3 is 14.4 Å². The summed E-state index contributed by atoms with van der Waals surface area (Å²) < 4.78 is 11.0. The Morgan fingerprint density at radius 2 is 2.00 bits per heavy atom. The summed E-state index contributed by atoms with van der Waals surface area (Å²) in [6.07, 6.45) is 0. The Bertz CT molecular complexity index is 828. The van der Waals surface area contributed by atoms with E-state index in [1.54, 1.807) is 23.9 Å². The van der Waals surface area contributed by atoms with Crippen molar-refractivity contribution >= 4 is 34.5 Å². The van der Waals surface area contributed by atoms with Gasteiger partial charge in [0.1, 0.15) is 5.37 Å². The molecule has 2 aromatic carbocycles. The van der Waals surface area contributed by atoms with Gasteiger partial charge in [0.25, 0.3) is 0 Å². The first-order chi connectivity index (χ1) is 12.7. The predicted octanol–water partition coefficient (Wildman–Crippen LogP) is 3.56. The van der Waals surface area contributed by atoms with Gasteiger partial charge in [-0.15, -0.1) is 11.8 Å². The van der Waals surface area contributed by atoms with Crippen LogP contribution < -0.4 is 9.47 Å². The second-order valence-corrected chi connectivity index (χ2v) is 7.97. The molecule has 2 aliphatic rings. The zero-order valence-corrected chi connectivity index (χ0v) is 15.6. The molecule has 0 radical (unpaired) electrons. The van der Waals surface area contributed by atoms with E-state index in [4.69, 9.17) is 9.47 Å². The zero-order chi connectivity index (χ0) is 17.9. The molecule has 5 nitrogen and oxygen atoms in total. The van der Waals surface area contributed by atoms with E-state index in [-0.39, 0.29) is 23.2 Å². The average Bonchev–Trinajstić information content (AvgIpc) is 3.29. The van der Waals surface area contributed by atoms with Gasteiger partial charge in [-0.2, -0.15) is 0 Å². The van der Waals surface area contributed by atoms with E-state index in [9.17, 15) is 9.59 Å². The van der Waals surface area contributed by atoms with Crippen LogP contribution in [0.4, 0.5) is 0 Å². The van der Waals surface area contributed by atoms with Gasteiger partial charge in [0, 0.05) is 23.4 Å². The van der Waals surface area contributed by atoms with Crippen LogP contribution in [0, 0.1) is 0 Å². The van der Waals surface area contributed by atoms with Crippen LogP contribution in [0.3, 0.4) is 0 Å². The van der Waals surface area contributed by atoms with Crippen molar-refractivity contribution in [2.75, 3.05) is 24.8 Å². The van der Waals surface area contributed by atoms with Gasteiger partial charge in [-0.05, 0) is 6.07 Å². The summed E-state index contributed by atoms with van der Waals surface area (Å²) in [5.74, 6) is 2.52. The van der Waals surface area contributed by atoms with Crippen molar-refractivity contribution in [2.45, 2.75) is 5.37 Å². The number of para-hydroxylation sites is 1. The number of carbonyl (C=O) groups is 2. The normalized spacial score (nSPS) is 18.4. The second kappa shape index (κ2) is 7.63. The van der Waals surface area contributed by atoms with Gasteiger partial charge in [-0.1, -0.05) is 54.2 Å². The summed E-state index contributed by atoms with van der Waals surface area (Å²) in [5.41, 5.74) is 1.64. The van der Waals surface area contributed by atoms with E-state index in [2.05, 4.69) is 0 Å². The molecule has 1 atom stereocenters. The Balaban J connectivity index is 1.43. The van der Waals surface area contributed by atoms with Crippen molar-refractivity contribution in [3.8, 4) is 11.5 Å². The molecule has 4 rings (SSSR count). The third-order valence-electron chi connectivity index (χ3n) is 4.24. The number of carbonyl (C=O) groups excluding carboxylic acids is 2. The largest absolute Gasteiger partial charge is 0.454 e. The monoisotopic (exact) mass is 387 g/mol. The minimum atomic E-state index is -0.105. The molecule has 1 unspecified atom stereocenters. The lowest BCUT2D eigenvalue weighted by atomic mass is 10.1. The lowest BCUT2D eigenvalue weighted by molar-refractivity contribution is -0.127. The van der Waals surface area contributed by atoms with Crippen LogP contribution in [-0.4, -0.2) is 40.8 Å². The number of hydrogen-bond donors (Lipinski definition) is 0. The molecule has 1 saturated heterocycles. The molecule has 2 heterocycles. The standard InChI is InChI=1S/C19H17NO4S2/c21-16-11-26-18(14-7-4-8-15-17(14)24-12-23-15)20(16)9-10-25-19(22)13-5-2-1-3-6-13/h1-8,18H,9-12H2. The Labute approximate surface area is 160 Å². The number of benzene rings is 2. The van der Waals surface area contributed by atoms with Gasteiger partial charge >= 0.3 is 0 Å². The molecule has 2 aromatic rings. The SMILES string of the molecule is O=C(SCCN1C(=O)CSC1c1cccc2c1OCO2)c1ccccc1.